The molecular weight excluding hydrogens is 278 g/mol. The monoisotopic (exact) mass is 292 g/mol. The third-order valence-corrected chi connectivity index (χ3v) is 2.65. The Hall–Kier alpha value is -2.63. The Kier molecular flexibility index (Phi) is 4.71. The van der Waals surface area contributed by atoms with Crippen LogP contribution in [0.25, 0.3) is 0 Å². The molecule has 0 saturated heterocycles. The number of anilines is 1. The summed E-state index contributed by atoms with van der Waals surface area (Å²) in [4.78, 5) is 0. The number of hydrogen-bond acceptors (Lipinski definition) is 4. The molecule has 0 spiro atoms. The molecule has 0 atom stereocenters. The zero-order chi connectivity index (χ0) is 15.2. The fourth-order valence-electron chi connectivity index (χ4n) is 1.67. The van der Waals surface area contributed by atoms with Crippen molar-refractivity contribution >= 4 is 11.9 Å². The Morgan fingerprint density at radius 2 is 2.10 bits per heavy atom. The molecule has 0 heterocycles. The van der Waals surface area contributed by atoms with Gasteiger partial charge >= 0.3 is 0 Å². The molecule has 0 unspecified atom stereocenters. The molecule has 0 saturated carbocycles. The first-order chi connectivity index (χ1) is 10.1. The average molecular weight is 292 g/mol. The normalized spacial score (nSPS) is 10.8. The van der Waals surface area contributed by atoms with Crippen molar-refractivity contribution < 1.29 is 18.6 Å². The lowest BCUT2D eigenvalue weighted by molar-refractivity contribution is 0.318. The van der Waals surface area contributed by atoms with E-state index in [1.807, 2.05) is 0 Å². The van der Waals surface area contributed by atoms with Crippen molar-refractivity contribution in [2.24, 2.45) is 5.10 Å². The van der Waals surface area contributed by atoms with E-state index >= 15 is 0 Å². The van der Waals surface area contributed by atoms with Crippen LogP contribution in [0.1, 0.15) is 12.5 Å². The highest BCUT2D eigenvalue weighted by atomic mass is 19.1. The van der Waals surface area contributed by atoms with Gasteiger partial charge in [0.15, 0.2) is 17.3 Å². The Labute approximate surface area is 120 Å². The minimum atomic E-state index is -0.751. The van der Waals surface area contributed by atoms with Gasteiger partial charge in [-0.25, -0.2) is 8.78 Å². The molecule has 2 N–H and O–H groups in total. The van der Waals surface area contributed by atoms with Gasteiger partial charge in [-0.2, -0.15) is 5.10 Å². The number of aromatic hydroxyl groups is 1. The van der Waals surface area contributed by atoms with Crippen molar-refractivity contribution in [3.63, 3.8) is 0 Å². The third kappa shape index (κ3) is 3.68. The van der Waals surface area contributed by atoms with E-state index in [9.17, 15) is 13.9 Å². The van der Waals surface area contributed by atoms with E-state index < -0.39 is 11.6 Å². The first kappa shape index (κ1) is 14.8. The van der Waals surface area contributed by atoms with Gasteiger partial charge in [0.25, 0.3) is 0 Å². The Bertz CT molecular complexity index is 660. The lowest BCUT2D eigenvalue weighted by Gasteiger charge is -2.07. The minimum absolute atomic E-state index is 0.0353. The summed E-state index contributed by atoms with van der Waals surface area (Å²) in [6.07, 6.45) is 1.32. The standard InChI is InChI=1S/C15H14F2N2O2/c1-2-21-14-5-3-4-10(15(14)20)9-18-19-13-7-6-11(16)8-12(13)17/h3-9,19-20H,2H2,1H3/b18-9+. The van der Waals surface area contributed by atoms with Crippen molar-refractivity contribution in [2.75, 3.05) is 12.0 Å². The summed E-state index contributed by atoms with van der Waals surface area (Å²) in [6, 6.07) is 8.06. The van der Waals surface area contributed by atoms with E-state index in [2.05, 4.69) is 10.5 Å². The molecule has 110 valence electrons. The molecule has 0 amide bonds. The van der Waals surface area contributed by atoms with E-state index in [4.69, 9.17) is 4.74 Å². The maximum atomic E-state index is 13.4. The number of hydrogen-bond donors (Lipinski definition) is 2. The van der Waals surface area contributed by atoms with Crippen molar-refractivity contribution in [1.82, 2.24) is 0 Å². The Balaban J connectivity index is 2.13. The fraction of sp³-hybridized carbons (Fsp3) is 0.133. The Morgan fingerprint density at radius 3 is 2.81 bits per heavy atom. The number of rotatable bonds is 5. The first-order valence-electron chi connectivity index (χ1n) is 6.30. The second kappa shape index (κ2) is 6.69. The van der Waals surface area contributed by atoms with Crippen LogP contribution in [0.2, 0.25) is 0 Å². The van der Waals surface area contributed by atoms with Crippen LogP contribution in [-0.2, 0) is 0 Å². The summed E-state index contributed by atoms with van der Waals surface area (Å²) in [7, 11) is 0. The molecule has 21 heavy (non-hydrogen) atoms. The molecule has 0 aliphatic rings. The quantitative estimate of drug-likeness (QED) is 0.655. The number of benzene rings is 2. The summed E-state index contributed by atoms with van der Waals surface area (Å²) < 4.78 is 31.4. The maximum absolute atomic E-state index is 13.4. The Morgan fingerprint density at radius 1 is 1.29 bits per heavy atom. The van der Waals surface area contributed by atoms with Gasteiger partial charge in [0.2, 0.25) is 0 Å². The van der Waals surface area contributed by atoms with Gasteiger partial charge < -0.3 is 9.84 Å². The number of nitrogens with zero attached hydrogens (tertiary/aromatic N) is 1. The van der Waals surface area contributed by atoms with Crippen molar-refractivity contribution in [1.29, 1.82) is 0 Å². The smallest absolute Gasteiger partial charge is 0.166 e. The molecule has 4 nitrogen and oxygen atoms in total. The molecule has 0 aromatic heterocycles. The zero-order valence-corrected chi connectivity index (χ0v) is 11.3. The van der Waals surface area contributed by atoms with Gasteiger partial charge in [-0.1, -0.05) is 6.07 Å². The molecule has 0 bridgehead atoms. The van der Waals surface area contributed by atoms with Gasteiger partial charge in [-0.3, -0.25) is 5.43 Å². The van der Waals surface area contributed by atoms with Gasteiger partial charge in [0, 0.05) is 11.6 Å². The predicted molar refractivity (Wildman–Crippen MR) is 76.9 cm³/mol. The van der Waals surface area contributed by atoms with Crippen LogP contribution in [-0.4, -0.2) is 17.9 Å². The van der Waals surface area contributed by atoms with Gasteiger partial charge in [-0.15, -0.1) is 0 Å². The van der Waals surface area contributed by atoms with E-state index in [0.717, 1.165) is 12.1 Å². The number of phenolic OH excluding ortho intramolecular Hbond substituents is 1. The molecule has 2 aromatic rings. The lowest BCUT2D eigenvalue weighted by atomic mass is 10.2. The second-order valence-corrected chi connectivity index (χ2v) is 4.12. The van der Waals surface area contributed by atoms with E-state index in [0.29, 0.717) is 17.9 Å². The molecule has 6 heteroatoms. The van der Waals surface area contributed by atoms with Crippen LogP contribution in [0.3, 0.4) is 0 Å². The van der Waals surface area contributed by atoms with Crippen molar-refractivity contribution in [3.05, 3.63) is 53.6 Å². The number of para-hydroxylation sites is 1. The maximum Gasteiger partial charge on any atom is 0.166 e. The van der Waals surface area contributed by atoms with Crippen LogP contribution in [0, 0.1) is 11.6 Å². The molecule has 2 aromatic carbocycles. The van der Waals surface area contributed by atoms with Crippen LogP contribution in [0.4, 0.5) is 14.5 Å². The average Bonchev–Trinajstić information content (AvgIpc) is 2.45. The molecule has 0 aliphatic heterocycles. The van der Waals surface area contributed by atoms with E-state index in [1.165, 1.54) is 12.3 Å². The van der Waals surface area contributed by atoms with Crippen molar-refractivity contribution in [3.8, 4) is 11.5 Å². The summed E-state index contributed by atoms with van der Waals surface area (Å²) in [5, 5.41) is 13.8. The highest BCUT2D eigenvalue weighted by molar-refractivity contribution is 5.85. The van der Waals surface area contributed by atoms with Crippen LogP contribution in [0.5, 0.6) is 11.5 Å². The second-order valence-electron chi connectivity index (χ2n) is 4.12. The van der Waals surface area contributed by atoms with Crippen LogP contribution >= 0.6 is 0 Å². The highest BCUT2D eigenvalue weighted by Crippen LogP contribution is 2.28. The largest absolute Gasteiger partial charge is 0.504 e. The third-order valence-electron chi connectivity index (χ3n) is 2.65. The number of hydrazone groups is 1. The van der Waals surface area contributed by atoms with Crippen LogP contribution in [0.15, 0.2) is 41.5 Å². The summed E-state index contributed by atoms with van der Waals surface area (Å²) in [5.41, 5.74) is 2.89. The summed E-state index contributed by atoms with van der Waals surface area (Å²) >= 11 is 0. The lowest BCUT2D eigenvalue weighted by Crippen LogP contribution is -1.96. The summed E-state index contributed by atoms with van der Waals surface area (Å²) in [5.74, 6) is -1.12. The number of ether oxygens (including phenoxy) is 1. The van der Waals surface area contributed by atoms with Crippen LogP contribution < -0.4 is 10.2 Å². The minimum Gasteiger partial charge on any atom is -0.504 e. The van der Waals surface area contributed by atoms with Crippen molar-refractivity contribution in [2.45, 2.75) is 6.92 Å². The van der Waals surface area contributed by atoms with Gasteiger partial charge in [-0.05, 0) is 31.2 Å². The molecular formula is C15H14F2N2O2. The SMILES string of the molecule is CCOc1cccc(/C=N/Nc2ccc(F)cc2F)c1O. The van der Waals surface area contributed by atoms with E-state index in [-0.39, 0.29) is 11.4 Å². The number of halogens is 2. The highest BCUT2D eigenvalue weighted by Gasteiger charge is 2.06. The first-order valence-corrected chi connectivity index (χ1v) is 6.30. The zero-order valence-electron chi connectivity index (χ0n) is 11.3. The van der Waals surface area contributed by atoms with E-state index in [1.54, 1.807) is 25.1 Å². The number of nitrogens with one attached hydrogen (secondary N) is 1. The molecule has 0 fully saturated rings. The molecule has 0 aliphatic carbocycles. The molecule has 2 rings (SSSR count). The summed E-state index contributed by atoms with van der Waals surface area (Å²) in [6.45, 7) is 2.23. The predicted octanol–water partition coefficient (Wildman–Crippen LogP) is 3.52. The van der Waals surface area contributed by atoms with Gasteiger partial charge in [0.1, 0.15) is 5.82 Å². The molecule has 0 radical (unpaired) electrons. The topological polar surface area (TPSA) is 53.8 Å². The number of phenols is 1. The van der Waals surface area contributed by atoms with Gasteiger partial charge in [0.05, 0.1) is 18.5 Å². The fourth-order valence-corrected chi connectivity index (χ4v) is 1.67.